The van der Waals surface area contributed by atoms with Crippen molar-refractivity contribution in [1.29, 1.82) is 0 Å². The summed E-state index contributed by atoms with van der Waals surface area (Å²) in [4.78, 5) is 12.3. The Morgan fingerprint density at radius 1 is 1.21 bits per heavy atom. The minimum Gasteiger partial charge on any atom is -0.497 e. The molecule has 5 nitrogen and oxygen atoms in total. The van der Waals surface area contributed by atoms with Crippen LogP contribution in [0.15, 0.2) is 18.2 Å². The summed E-state index contributed by atoms with van der Waals surface area (Å²) in [6.07, 6.45) is 0. The molecule has 1 rings (SSSR count). The van der Waals surface area contributed by atoms with E-state index in [9.17, 15) is 4.79 Å². The van der Waals surface area contributed by atoms with Gasteiger partial charge in [-0.15, -0.1) is 0 Å². The molecule has 1 N–H and O–H groups in total. The average molecular weight is 266 g/mol. The van der Waals surface area contributed by atoms with Crippen LogP contribution >= 0.6 is 0 Å². The highest BCUT2D eigenvalue weighted by Gasteiger charge is 2.33. The third kappa shape index (κ3) is 3.38. The Labute approximate surface area is 114 Å². The molecule has 0 aliphatic carbocycles. The Morgan fingerprint density at radius 2 is 1.84 bits per heavy atom. The van der Waals surface area contributed by atoms with Crippen LogP contribution in [0, 0.1) is 0 Å². The van der Waals surface area contributed by atoms with E-state index in [1.807, 2.05) is 26.0 Å². The minimum absolute atomic E-state index is 0.107. The molecule has 19 heavy (non-hydrogen) atoms. The molecule has 0 atom stereocenters. The van der Waals surface area contributed by atoms with Gasteiger partial charge in [0.1, 0.15) is 11.5 Å². The van der Waals surface area contributed by atoms with Crippen LogP contribution in [0.5, 0.6) is 11.5 Å². The van der Waals surface area contributed by atoms with Crippen molar-refractivity contribution in [2.75, 3.05) is 28.3 Å². The van der Waals surface area contributed by atoms with E-state index in [0.29, 0.717) is 11.5 Å². The number of hydrazine groups is 1. The standard InChI is InChI=1S/C14H22N2O3/c1-14(2,13(17)15-16(3)4)11-9-10(18-5)7-8-12(11)19-6/h7-9H,1-6H3,(H,15,17). The Hall–Kier alpha value is -1.75. The van der Waals surface area contributed by atoms with Gasteiger partial charge in [-0.2, -0.15) is 0 Å². The molecule has 0 saturated carbocycles. The van der Waals surface area contributed by atoms with Crippen LogP contribution in [0.1, 0.15) is 19.4 Å². The summed E-state index contributed by atoms with van der Waals surface area (Å²) in [6.45, 7) is 3.70. The summed E-state index contributed by atoms with van der Waals surface area (Å²) < 4.78 is 10.5. The lowest BCUT2D eigenvalue weighted by Gasteiger charge is -2.28. The Bertz CT molecular complexity index is 456. The molecule has 0 saturated heterocycles. The number of carbonyl (C=O) groups is 1. The van der Waals surface area contributed by atoms with E-state index in [1.54, 1.807) is 39.4 Å². The van der Waals surface area contributed by atoms with Gasteiger partial charge in [0, 0.05) is 19.7 Å². The van der Waals surface area contributed by atoms with E-state index in [4.69, 9.17) is 9.47 Å². The minimum atomic E-state index is -0.732. The van der Waals surface area contributed by atoms with E-state index in [0.717, 1.165) is 5.56 Å². The number of rotatable bonds is 5. The van der Waals surface area contributed by atoms with E-state index >= 15 is 0 Å². The van der Waals surface area contributed by atoms with Crippen molar-refractivity contribution in [3.8, 4) is 11.5 Å². The lowest BCUT2D eigenvalue weighted by atomic mass is 9.83. The predicted molar refractivity (Wildman–Crippen MR) is 74.4 cm³/mol. The van der Waals surface area contributed by atoms with Crippen molar-refractivity contribution in [3.05, 3.63) is 23.8 Å². The molecule has 0 radical (unpaired) electrons. The number of hydrogen-bond donors (Lipinski definition) is 1. The summed E-state index contributed by atoms with van der Waals surface area (Å²) in [6, 6.07) is 5.44. The maximum absolute atomic E-state index is 12.3. The van der Waals surface area contributed by atoms with Gasteiger partial charge < -0.3 is 9.47 Å². The second-order valence-corrected chi connectivity index (χ2v) is 5.03. The second-order valence-electron chi connectivity index (χ2n) is 5.03. The Morgan fingerprint density at radius 3 is 2.32 bits per heavy atom. The molecule has 0 aliphatic rings. The number of carbonyl (C=O) groups excluding carboxylic acids is 1. The van der Waals surface area contributed by atoms with Gasteiger partial charge in [0.25, 0.3) is 0 Å². The van der Waals surface area contributed by atoms with Crippen LogP contribution in [0.3, 0.4) is 0 Å². The smallest absolute Gasteiger partial charge is 0.244 e. The molecule has 0 spiro atoms. The van der Waals surface area contributed by atoms with Crippen LogP contribution < -0.4 is 14.9 Å². The largest absolute Gasteiger partial charge is 0.497 e. The number of nitrogens with zero attached hydrogens (tertiary/aromatic N) is 1. The number of methoxy groups -OCH3 is 2. The fourth-order valence-corrected chi connectivity index (χ4v) is 1.77. The average Bonchev–Trinajstić information content (AvgIpc) is 2.37. The number of hydrogen-bond acceptors (Lipinski definition) is 4. The van der Waals surface area contributed by atoms with Crippen LogP contribution in [-0.2, 0) is 10.2 Å². The van der Waals surface area contributed by atoms with E-state index in [1.165, 1.54) is 0 Å². The van der Waals surface area contributed by atoms with Crippen molar-refractivity contribution >= 4 is 5.91 Å². The van der Waals surface area contributed by atoms with E-state index in [2.05, 4.69) is 5.43 Å². The molecule has 0 fully saturated rings. The second kappa shape index (κ2) is 5.93. The van der Waals surface area contributed by atoms with Crippen molar-refractivity contribution < 1.29 is 14.3 Å². The number of nitrogens with one attached hydrogen (secondary N) is 1. The molecular formula is C14H22N2O3. The monoisotopic (exact) mass is 266 g/mol. The molecule has 0 bridgehead atoms. The Balaban J connectivity index is 3.21. The maximum Gasteiger partial charge on any atom is 0.244 e. The number of benzene rings is 1. The molecule has 1 aromatic carbocycles. The zero-order chi connectivity index (χ0) is 14.6. The predicted octanol–water partition coefficient (Wildman–Crippen LogP) is 1.57. The van der Waals surface area contributed by atoms with Gasteiger partial charge in [0.05, 0.1) is 19.6 Å². The fourth-order valence-electron chi connectivity index (χ4n) is 1.77. The molecule has 0 aliphatic heterocycles. The third-order valence-electron chi connectivity index (χ3n) is 2.97. The maximum atomic E-state index is 12.3. The van der Waals surface area contributed by atoms with Crippen molar-refractivity contribution in [3.63, 3.8) is 0 Å². The lowest BCUT2D eigenvalue weighted by molar-refractivity contribution is -0.129. The van der Waals surface area contributed by atoms with Crippen molar-refractivity contribution in [2.24, 2.45) is 0 Å². The van der Waals surface area contributed by atoms with Gasteiger partial charge in [-0.05, 0) is 32.0 Å². The quantitative estimate of drug-likeness (QED) is 0.822. The zero-order valence-corrected chi connectivity index (χ0v) is 12.4. The Kier molecular flexibility index (Phi) is 4.78. The molecule has 0 aromatic heterocycles. The van der Waals surface area contributed by atoms with E-state index in [-0.39, 0.29) is 5.91 Å². The first-order valence-corrected chi connectivity index (χ1v) is 6.03. The SMILES string of the molecule is COc1ccc(OC)c(C(C)(C)C(=O)NN(C)C)c1. The first kappa shape index (κ1) is 15.3. The van der Waals surface area contributed by atoms with Crippen LogP contribution in [0.4, 0.5) is 0 Å². The van der Waals surface area contributed by atoms with Gasteiger partial charge in [-0.3, -0.25) is 10.2 Å². The summed E-state index contributed by atoms with van der Waals surface area (Å²) in [5, 5.41) is 1.62. The summed E-state index contributed by atoms with van der Waals surface area (Å²) in [5.41, 5.74) is 2.82. The molecular weight excluding hydrogens is 244 g/mol. The zero-order valence-electron chi connectivity index (χ0n) is 12.4. The number of amides is 1. The van der Waals surface area contributed by atoms with Gasteiger partial charge in [0.15, 0.2) is 0 Å². The summed E-state index contributed by atoms with van der Waals surface area (Å²) in [7, 11) is 6.73. The lowest BCUT2D eigenvalue weighted by Crippen LogP contribution is -2.46. The molecule has 5 heteroatoms. The number of ether oxygens (including phenoxy) is 2. The highest BCUT2D eigenvalue weighted by molar-refractivity contribution is 5.87. The molecule has 0 heterocycles. The van der Waals surface area contributed by atoms with Gasteiger partial charge >= 0.3 is 0 Å². The highest BCUT2D eigenvalue weighted by atomic mass is 16.5. The third-order valence-corrected chi connectivity index (χ3v) is 2.97. The molecule has 106 valence electrons. The van der Waals surface area contributed by atoms with Crippen LogP contribution in [-0.4, -0.2) is 39.2 Å². The molecule has 1 amide bonds. The van der Waals surface area contributed by atoms with Gasteiger partial charge in [-0.1, -0.05) is 0 Å². The normalized spacial score (nSPS) is 11.3. The first-order valence-electron chi connectivity index (χ1n) is 6.03. The van der Waals surface area contributed by atoms with E-state index < -0.39 is 5.41 Å². The van der Waals surface area contributed by atoms with Crippen LogP contribution in [0.25, 0.3) is 0 Å². The topological polar surface area (TPSA) is 50.8 Å². The highest BCUT2D eigenvalue weighted by Crippen LogP contribution is 2.34. The summed E-state index contributed by atoms with van der Waals surface area (Å²) >= 11 is 0. The summed E-state index contributed by atoms with van der Waals surface area (Å²) in [5.74, 6) is 1.25. The first-order chi connectivity index (χ1) is 8.82. The molecule has 0 unspecified atom stereocenters. The van der Waals surface area contributed by atoms with Crippen molar-refractivity contribution in [2.45, 2.75) is 19.3 Å². The van der Waals surface area contributed by atoms with Crippen LogP contribution in [0.2, 0.25) is 0 Å². The fraction of sp³-hybridized carbons (Fsp3) is 0.500. The molecule has 1 aromatic rings. The van der Waals surface area contributed by atoms with Crippen molar-refractivity contribution in [1.82, 2.24) is 10.4 Å². The van der Waals surface area contributed by atoms with Gasteiger partial charge in [0.2, 0.25) is 5.91 Å². The van der Waals surface area contributed by atoms with Gasteiger partial charge in [-0.25, -0.2) is 5.01 Å².